The zero-order valence-electron chi connectivity index (χ0n) is 10.3. The molecule has 3 nitrogen and oxygen atoms in total. The van der Waals surface area contributed by atoms with E-state index < -0.39 is 5.92 Å². The first kappa shape index (κ1) is 13.6. The second-order valence-electron chi connectivity index (χ2n) is 4.20. The van der Waals surface area contributed by atoms with Crippen LogP contribution < -0.4 is 0 Å². The number of ketones is 2. The SMILES string of the molecule is CC(C(=O)c1ccncc1)C(=O)c1cccc(Br)c1. The van der Waals surface area contributed by atoms with Gasteiger partial charge in [0.15, 0.2) is 11.6 Å². The molecule has 1 aromatic heterocycles. The molecule has 0 spiro atoms. The maximum atomic E-state index is 12.3. The molecule has 0 N–H and O–H groups in total. The number of halogens is 1. The van der Waals surface area contributed by atoms with E-state index in [9.17, 15) is 9.59 Å². The lowest BCUT2D eigenvalue weighted by molar-refractivity contribution is 0.0820. The van der Waals surface area contributed by atoms with E-state index in [1.54, 1.807) is 49.6 Å². The van der Waals surface area contributed by atoms with E-state index in [1.165, 1.54) is 0 Å². The molecule has 1 aromatic carbocycles. The summed E-state index contributed by atoms with van der Waals surface area (Å²) >= 11 is 3.32. The number of aromatic nitrogens is 1. The number of Topliss-reactive ketones (excluding diaryl/α,β-unsaturated/α-hetero) is 2. The molecule has 0 saturated heterocycles. The molecule has 96 valence electrons. The highest BCUT2D eigenvalue weighted by molar-refractivity contribution is 9.10. The van der Waals surface area contributed by atoms with Gasteiger partial charge in [-0.05, 0) is 31.2 Å². The minimum atomic E-state index is -0.698. The van der Waals surface area contributed by atoms with Crippen LogP contribution in [0.4, 0.5) is 0 Å². The van der Waals surface area contributed by atoms with Crippen molar-refractivity contribution in [2.45, 2.75) is 6.92 Å². The van der Waals surface area contributed by atoms with Crippen molar-refractivity contribution >= 4 is 27.5 Å². The highest BCUT2D eigenvalue weighted by Crippen LogP contribution is 2.17. The largest absolute Gasteiger partial charge is 0.293 e. The van der Waals surface area contributed by atoms with Gasteiger partial charge in [0.05, 0.1) is 5.92 Å². The molecule has 0 bridgehead atoms. The molecular formula is C15H12BrNO2. The van der Waals surface area contributed by atoms with Gasteiger partial charge in [0.25, 0.3) is 0 Å². The van der Waals surface area contributed by atoms with Gasteiger partial charge >= 0.3 is 0 Å². The Kier molecular flexibility index (Phi) is 4.22. The lowest BCUT2D eigenvalue weighted by atomic mass is 9.92. The van der Waals surface area contributed by atoms with Gasteiger partial charge in [0, 0.05) is 28.0 Å². The number of hydrogen-bond donors (Lipinski definition) is 0. The van der Waals surface area contributed by atoms with E-state index in [4.69, 9.17) is 0 Å². The maximum absolute atomic E-state index is 12.3. The maximum Gasteiger partial charge on any atom is 0.173 e. The summed E-state index contributed by atoms with van der Waals surface area (Å²) in [6.07, 6.45) is 3.09. The van der Waals surface area contributed by atoms with E-state index in [-0.39, 0.29) is 11.6 Å². The molecule has 0 aliphatic heterocycles. The Morgan fingerprint density at radius 1 is 1.05 bits per heavy atom. The molecule has 19 heavy (non-hydrogen) atoms. The third-order valence-corrected chi connectivity index (χ3v) is 3.35. The lowest BCUT2D eigenvalue weighted by Gasteiger charge is -2.09. The van der Waals surface area contributed by atoms with Crippen LogP contribution in [0.2, 0.25) is 0 Å². The van der Waals surface area contributed by atoms with Crippen LogP contribution in [0.1, 0.15) is 27.6 Å². The van der Waals surface area contributed by atoms with Crippen molar-refractivity contribution < 1.29 is 9.59 Å². The molecule has 1 unspecified atom stereocenters. The molecule has 0 aliphatic rings. The van der Waals surface area contributed by atoms with E-state index in [1.807, 2.05) is 6.07 Å². The molecule has 1 atom stereocenters. The summed E-state index contributed by atoms with van der Waals surface area (Å²) in [6, 6.07) is 10.3. The lowest BCUT2D eigenvalue weighted by Crippen LogP contribution is -2.21. The first-order valence-electron chi connectivity index (χ1n) is 5.83. The second-order valence-corrected chi connectivity index (χ2v) is 5.11. The quantitative estimate of drug-likeness (QED) is 0.640. The molecule has 2 rings (SSSR count). The van der Waals surface area contributed by atoms with Gasteiger partial charge in [-0.3, -0.25) is 14.6 Å². The van der Waals surface area contributed by atoms with Gasteiger partial charge in [-0.25, -0.2) is 0 Å². The average Bonchev–Trinajstić information content (AvgIpc) is 2.46. The van der Waals surface area contributed by atoms with Crippen LogP contribution in [0.15, 0.2) is 53.3 Å². The molecule has 4 heteroatoms. The molecule has 0 saturated carbocycles. The van der Waals surface area contributed by atoms with E-state index in [2.05, 4.69) is 20.9 Å². The summed E-state index contributed by atoms with van der Waals surface area (Å²) in [6.45, 7) is 1.63. The van der Waals surface area contributed by atoms with Gasteiger partial charge < -0.3 is 0 Å². The van der Waals surface area contributed by atoms with Crippen molar-refractivity contribution in [3.8, 4) is 0 Å². The Morgan fingerprint density at radius 2 is 1.68 bits per heavy atom. The van der Waals surface area contributed by atoms with Crippen LogP contribution in [0.3, 0.4) is 0 Å². The Morgan fingerprint density at radius 3 is 2.32 bits per heavy atom. The zero-order chi connectivity index (χ0) is 13.8. The average molecular weight is 318 g/mol. The minimum absolute atomic E-state index is 0.178. The number of pyridine rings is 1. The number of benzene rings is 1. The molecule has 0 radical (unpaired) electrons. The van der Waals surface area contributed by atoms with Crippen LogP contribution in [0.25, 0.3) is 0 Å². The summed E-state index contributed by atoms with van der Waals surface area (Å²) in [5, 5.41) is 0. The first-order valence-corrected chi connectivity index (χ1v) is 6.63. The topological polar surface area (TPSA) is 47.0 Å². The van der Waals surface area contributed by atoms with E-state index in [0.29, 0.717) is 11.1 Å². The highest BCUT2D eigenvalue weighted by Gasteiger charge is 2.23. The third kappa shape index (κ3) is 3.15. The first-order chi connectivity index (χ1) is 9.09. The Bertz CT molecular complexity index is 611. The van der Waals surface area contributed by atoms with Crippen LogP contribution >= 0.6 is 15.9 Å². The second kappa shape index (κ2) is 5.89. The smallest absolute Gasteiger partial charge is 0.173 e. The highest BCUT2D eigenvalue weighted by atomic mass is 79.9. The van der Waals surface area contributed by atoms with Crippen molar-refractivity contribution in [1.29, 1.82) is 0 Å². The number of rotatable bonds is 4. The molecule has 0 fully saturated rings. The van der Waals surface area contributed by atoms with E-state index in [0.717, 1.165) is 4.47 Å². The van der Waals surface area contributed by atoms with Gasteiger partial charge in [-0.1, -0.05) is 28.1 Å². The molecule has 2 aromatic rings. The standard InChI is InChI=1S/C15H12BrNO2/c1-10(14(18)11-5-7-17-8-6-11)15(19)12-3-2-4-13(16)9-12/h2-10H,1H3. The number of nitrogens with zero attached hydrogens (tertiary/aromatic N) is 1. The fraction of sp³-hybridized carbons (Fsp3) is 0.133. The summed E-state index contributed by atoms with van der Waals surface area (Å²) < 4.78 is 0.821. The van der Waals surface area contributed by atoms with Crippen molar-refractivity contribution in [3.63, 3.8) is 0 Å². The van der Waals surface area contributed by atoms with Crippen LogP contribution in [-0.4, -0.2) is 16.6 Å². The van der Waals surface area contributed by atoms with Crippen LogP contribution in [0.5, 0.6) is 0 Å². The Labute approximate surface area is 119 Å². The predicted octanol–water partition coefficient (Wildman–Crippen LogP) is 3.55. The van der Waals surface area contributed by atoms with Crippen LogP contribution in [-0.2, 0) is 0 Å². The monoisotopic (exact) mass is 317 g/mol. The van der Waals surface area contributed by atoms with Gasteiger partial charge in [0.2, 0.25) is 0 Å². The van der Waals surface area contributed by atoms with Crippen LogP contribution in [0, 0.1) is 5.92 Å². The van der Waals surface area contributed by atoms with Crippen molar-refractivity contribution in [2.24, 2.45) is 5.92 Å². The number of hydrogen-bond acceptors (Lipinski definition) is 3. The number of carbonyl (C=O) groups is 2. The summed E-state index contributed by atoms with van der Waals surface area (Å²) in [5.74, 6) is -1.06. The molecule has 0 aliphatic carbocycles. The van der Waals surface area contributed by atoms with Gasteiger partial charge in [-0.2, -0.15) is 0 Å². The fourth-order valence-corrected chi connectivity index (χ4v) is 2.18. The van der Waals surface area contributed by atoms with Gasteiger partial charge in [0.1, 0.15) is 0 Å². The van der Waals surface area contributed by atoms with Gasteiger partial charge in [-0.15, -0.1) is 0 Å². The minimum Gasteiger partial charge on any atom is -0.293 e. The Balaban J connectivity index is 2.23. The summed E-state index contributed by atoms with van der Waals surface area (Å²) in [5.41, 5.74) is 1.04. The predicted molar refractivity (Wildman–Crippen MR) is 76.2 cm³/mol. The normalized spacial score (nSPS) is 11.9. The zero-order valence-corrected chi connectivity index (χ0v) is 11.9. The number of carbonyl (C=O) groups excluding carboxylic acids is 2. The third-order valence-electron chi connectivity index (χ3n) is 2.86. The van der Waals surface area contributed by atoms with Crippen molar-refractivity contribution in [1.82, 2.24) is 4.98 Å². The van der Waals surface area contributed by atoms with Crippen molar-refractivity contribution in [2.75, 3.05) is 0 Å². The molecule has 1 heterocycles. The Hall–Kier alpha value is -1.81. The summed E-state index contributed by atoms with van der Waals surface area (Å²) in [7, 11) is 0. The van der Waals surface area contributed by atoms with Crippen molar-refractivity contribution in [3.05, 3.63) is 64.4 Å². The molecule has 0 amide bonds. The fourth-order valence-electron chi connectivity index (χ4n) is 1.78. The summed E-state index contributed by atoms with van der Waals surface area (Å²) in [4.78, 5) is 28.3. The van der Waals surface area contributed by atoms with E-state index >= 15 is 0 Å². The molecular weight excluding hydrogens is 306 g/mol.